The van der Waals surface area contributed by atoms with E-state index in [-0.39, 0.29) is 5.91 Å². The molecule has 0 atom stereocenters. The molecular weight excluding hydrogens is 414 g/mol. The van der Waals surface area contributed by atoms with Crippen LogP contribution in [0.5, 0.6) is 0 Å². The Hall–Kier alpha value is -2.50. The van der Waals surface area contributed by atoms with Crippen molar-refractivity contribution in [2.45, 2.75) is 33.4 Å². The molecule has 30 heavy (non-hydrogen) atoms. The van der Waals surface area contributed by atoms with Crippen LogP contribution in [0, 0.1) is 27.7 Å². The number of hydrogen-bond donors (Lipinski definition) is 1. The third-order valence-electron chi connectivity index (χ3n) is 4.74. The lowest BCUT2D eigenvalue weighted by atomic mass is 10.1. The van der Waals surface area contributed by atoms with Crippen molar-refractivity contribution in [1.29, 1.82) is 0 Å². The van der Waals surface area contributed by atoms with Crippen LogP contribution in [-0.4, -0.2) is 22.4 Å². The highest BCUT2D eigenvalue weighted by Gasteiger charge is 2.10. The summed E-state index contributed by atoms with van der Waals surface area (Å²) in [4.78, 5) is 12.1. The maximum atomic E-state index is 12.1. The van der Waals surface area contributed by atoms with Crippen molar-refractivity contribution in [2.75, 3.05) is 5.75 Å². The summed E-state index contributed by atoms with van der Waals surface area (Å²) in [5.41, 5.74) is 10.6. The number of thioether (sulfide) groups is 1. The molecule has 1 heterocycles. The van der Waals surface area contributed by atoms with Crippen LogP contribution in [0.15, 0.2) is 53.6 Å². The molecular formula is C24H26ClN3OS. The van der Waals surface area contributed by atoms with Gasteiger partial charge < -0.3 is 4.57 Å². The molecule has 0 spiro atoms. The second-order valence-corrected chi connectivity index (χ2v) is 8.84. The second-order valence-electron chi connectivity index (χ2n) is 7.42. The third kappa shape index (κ3) is 5.77. The lowest BCUT2D eigenvalue weighted by Crippen LogP contribution is -2.19. The van der Waals surface area contributed by atoms with E-state index in [1.807, 2.05) is 24.3 Å². The smallest absolute Gasteiger partial charge is 0.250 e. The highest BCUT2D eigenvalue weighted by molar-refractivity contribution is 7.99. The monoisotopic (exact) mass is 439 g/mol. The first-order valence-electron chi connectivity index (χ1n) is 9.75. The van der Waals surface area contributed by atoms with Crippen molar-refractivity contribution < 1.29 is 4.79 Å². The van der Waals surface area contributed by atoms with Crippen molar-refractivity contribution in [3.8, 4) is 5.69 Å². The average Bonchev–Trinajstić information content (AvgIpc) is 2.96. The molecule has 0 aliphatic rings. The molecule has 3 aromatic rings. The Morgan fingerprint density at radius 1 is 1.07 bits per heavy atom. The summed E-state index contributed by atoms with van der Waals surface area (Å²) in [6, 6.07) is 16.3. The van der Waals surface area contributed by atoms with Crippen molar-refractivity contribution in [3.63, 3.8) is 0 Å². The van der Waals surface area contributed by atoms with Gasteiger partial charge in [-0.05, 0) is 74.7 Å². The van der Waals surface area contributed by atoms with Gasteiger partial charge in [0.25, 0.3) is 0 Å². The number of amides is 1. The molecule has 6 heteroatoms. The predicted octanol–water partition coefficient (Wildman–Crippen LogP) is 5.75. The van der Waals surface area contributed by atoms with Crippen molar-refractivity contribution in [1.82, 2.24) is 9.99 Å². The van der Waals surface area contributed by atoms with Crippen LogP contribution in [0.2, 0.25) is 5.02 Å². The van der Waals surface area contributed by atoms with E-state index in [9.17, 15) is 4.79 Å². The molecule has 0 aliphatic heterocycles. The molecule has 156 valence electrons. The lowest BCUT2D eigenvalue weighted by molar-refractivity contribution is -0.118. The Balaban J connectivity index is 1.58. The fourth-order valence-electron chi connectivity index (χ4n) is 3.44. The van der Waals surface area contributed by atoms with E-state index in [2.05, 4.69) is 67.1 Å². The number of carbonyl (C=O) groups is 1. The highest BCUT2D eigenvalue weighted by Crippen LogP contribution is 2.22. The number of nitrogens with one attached hydrogen (secondary N) is 1. The Kier molecular flexibility index (Phi) is 7.40. The minimum Gasteiger partial charge on any atom is -0.318 e. The summed E-state index contributed by atoms with van der Waals surface area (Å²) in [5, 5.41) is 4.87. The SMILES string of the molecule is Cc1cc(C)cc(-n2c(C)cc(/C=N/NC(=O)CSCc3ccc(Cl)cc3)c2C)c1. The molecule has 3 rings (SSSR count). The van der Waals surface area contributed by atoms with E-state index in [0.717, 1.165) is 34.0 Å². The van der Waals surface area contributed by atoms with Crippen LogP contribution in [0.3, 0.4) is 0 Å². The van der Waals surface area contributed by atoms with Crippen LogP contribution >= 0.6 is 23.4 Å². The summed E-state index contributed by atoms with van der Waals surface area (Å²) in [6.07, 6.45) is 1.71. The van der Waals surface area contributed by atoms with Gasteiger partial charge in [-0.2, -0.15) is 5.10 Å². The van der Waals surface area contributed by atoms with Gasteiger partial charge in [-0.15, -0.1) is 11.8 Å². The van der Waals surface area contributed by atoms with Gasteiger partial charge in [-0.3, -0.25) is 4.79 Å². The van der Waals surface area contributed by atoms with Crippen molar-refractivity contribution in [3.05, 3.63) is 87.2 Å². The van der Waals surface area contributed by atoms with E-state index < -0.39 is 0 Å². The Bertz CT molecular complexity index is 1050. The van der Waals surface area contributed by atoms with Gasteiger partial charge in [0.2, 0.25) is 5.91 Å². The zero-order valence-electron chi connectivity index (χ0n) is 17.7. The Morgan fingerprint density at radius 3 is 2.40 bits per heavy atom. The molecule has 0 radical (unpaired) electrons. The summed E-state index contributed by atoms with van der Waals surface area (Å²) in [5.74, 6) is 0.987. The molecule has 0 aliphatic carbocycles. The van der Waals surface area contributed by atoms with Crippen LogP contribution in [0.25, 0.3) is 5.69 Å². The Labute approximate surface area is 187 Å². The van der Waals surface area contributed by atoms with Gasteiger partial charge in [0.05, 0.1) is 12.0 Å². The highest BCUT2D eigenvalue weighted by atomic mass is 35.5. The summed E-state index contributed by atoms with van der Waals surface area (Å²) in [7, 11) is 0. The fraction of sp³-hybridized carbons (Fsp3) is 0.250. The van der Waals surface area contributed by atoms with Gasteiger partial charge in [-0.1, -0.05) is 29.8 Å². The quantitative estimate of drug-likeness (QED) is 0.376. The number of hydrazone groups is 1. The lowest BCUT2D eigenvalue weighted by Gasteiger charge is -2.11. The first-order valence-corrected chi connectivity index (χ1v) is 11.3. The minimum atomic E-state index is -0.117. The maximum Gasteiger partial charge on any atom is 0.250 e. The largest absolute Gasteiger partial charge is 0.318 e. The second kappa shape index (κ2) is 10.0. The number of benzene rings is 2. The molecule has 0 fully saturated rings. The molecule has 0 saturated heterocycles. The minimum absolute atomic E-state index is 0.117. The number of hydrogen-bond acceptors (Lipinski definition) is 3. The molecule has 0 unspecified atom stereocenters. The van der Waals surface area contributed by atoms with Gasteiger partial charge >= 0.3 is 0 Å². The normalized spacial score (nSPS) is 11.2. The number of carbonyl (C=O) groups excluding carboxylic acids is 1. The summed E-state index contributed by atoms with van der Waals surface area (Å²) >= 11 is 7.43. The zero-order valence-corrected chi connectivity index (χ0v) is 19.3. The van der Waals surface area contributed by atoms with Crippen LogP contribution in [0.1, 0.15) is 33.6 Å². The summed E-state index contributed by atoms with van der Waals surface area (Å²) in [6.45, 7) is 8.35. The fourth-order valence-corrected chi connectivity index (χ4v) is 4.35. The third-order valence-corrected chi connectivity index (χ3v) is 6.00. The van der Waals surface area contributed by atoms with Crippen molar-refractivity contribution in [2.24, 2.45) is 5.10 Å². The maximum absolute atomic E-state index is 12.1. The Morgan fingerprint density at radius 2 is 1.73 bits per heavy atom. The first kappa shape index (κ1) is 22.2. The number of rotatable bonds is 7. The molecule has 1 aromatic heterocycles. The molecule has 2 aromatic carbocycles. The standard InChI is InChI=1S/C24H26ClN3OS/c1-16-9-17(2)11-23(10-16)28-18(3)12-21(19(28)4)13-26-27-24(29)15-30-14-20-5-7-22(25)8-6-20/h5-13H,14-15H2,1-4H3,(H,27,29)/b26-13+. The predicted molar refractivity (Wildman–Crippen MR) is 128 cm³/mol. The summed E-state index contributed by atoms with van der Waals surface area (Å²) < 4.78 is 2.21. The average molecular weight is 440 g/mol. The topological polar surface area (TPSA) is 46.4 Å². The van der Waals surface area contributed by atoms with E-state index in [1.165, 1.54) is 11.1 Å². The van der Waals surface area contributed by atoms with E-state index >= 15 is 0 Å². The van der Waals surface area contributed by atoms with Crippen LogP contribution in [0.4, 0.5) is 0 Å². The molecule has 4 nitrogen and oxygen atoms in total. The van der Waals surface area contributed by atoms with Gasteiger partial charge in [0.1, 0.15) is 0 Å². The number of halogens is 1. The van der Waals surface area contributed by atoms with Gasteiger partial charge in [0, 0.05) is 33.4 Å². The first-order chi connectivity index (χ1) is 14.3. The van der Waals surface area contributed by atoms with Gasteiger partial charge in [0.15, 0.2) is 0 Å². The van der Waals surface area contributed by atoms with E-state index in [1.54, 1.807) is 18.0 Å². The van der Waals surface area contributed by atoms with Crippen molar-refractivity contribution >= 4 is 35.5 Å². The van der Waals surface area contributed by atoms with Crippen LogP contribution < -0.4 is 5.43 Å². The number of aromatic nitrogens is 1. The van der Waals surface area contributed by atoms with Crippen LogP contribution in [-0.2, 0) is 10.5 Å². The molecule has 1 N–H and O–H groups in total. The van der Waals surface area contributed by atoms with Gasteiger partial charge in [-0.25, -0.2) is 5.43 Å². The number of nitrogens with zero attached hydrogens (tertiary/aromatic N) is 2. The molecule has 1 amide bonds. The molecule has 0 saturated carbocycles. The van der Waals surface area contributed by atoms with E-state index in [4.69, 9.17) is 11.6 Å². The number of aryl methyl sites for hydroxylation is 3. The molecule has 0 bridgehead atoms. The zero-order chi connectivity index (χ0) is 21.7. The van der Waals surface area contributed by atoms with E-state index in [0.29, 0.717) is 10.8 Å².